The van der Waals surface area contributed by atoms with E-state index in [-0.39, 0.29) is 30.0 Å². The van der Waals surface area contributed by atoms with E-state index in [1.165, 1.54) is 29.2 Å². The highest BCUT2D eigenvalue weighted by molar-refractivity contribution is 6.02. The summed E-state index contributed by atoms with van der Waals surface area (Å²) in [5.74, 6) is -1.70. The minimum Gasteiger partial charge on any atom is -0.507 e. The second-order valence-electron chi connectivity index (χ2n) is 6.31. The number of aliphatic hydroxyl groups is 1. The maximum Gasteiger partial charge on any atom is 0.448 e. The first-order valence-corrected chi connectivity index (χ1v) is 7.92. The third-order valence-electron chi connectivity index (χ3n) is 4.69. The Hall–Kier alpha value is -3.42. The number of phenolic OH excluding ortho intramolecular Hbond substituents is 1. The molecule has 2 aliphatic heterocycles. The summed E-state index contributed by atoms with van der Waals surface area (Å²) in [6, 6.07) is 9.68. The first kappa shape index (κ1) is 16.1. The van der Waals surface area contributed by atoms with Gasteiger partial charge in [-0.25, -0.2) is 14.2 Å². The van der Waals surface area contributed by atoms with E-state index in [1.807, 2.05) is 0 Å². The number of benzene rings is 2. The molecule has 7 nitrogen and oxygen atoms in total. The lowest BCUT2D eigenvalue weighted by atomic mass is 9.88. The van der Waals surface area contributed by atoms with Gasteiger partial charge in [0, 0.05) is 12.1 Å². The van der Waals surface area contributed by atoms with E-state index in [0.717, 1.165) is 6.07 Å². The summed E-state index contributed by atoms with van der Waals surface area (Å²) in [6.45, 7) is 0.0368. The molecule has 1 unspecified atom stereocenters. The third-order valence-corrected chi connectivity index (χ3v) is 4.69. The summed E-state index contributed by atoms with van der Waals surface area (Å²) in [4.78, 5) is 29.3. The van der Waals surface area contributed by atoms with Crippen LogP contribution in [0.5, 0.6) is 5.75 Å². The molecule has 132 valence electrons. The summed E-state index contributed by atoms with van der Waals surface area (Å²) in [5.41, 5.74) is -0.456. The molecule has 0 aliphatic carbocycles. The predicted molar refractivity (Wildman–Crippen MR) is 87.7 cm³/mol. The number of nitrogens with one attached hydrogen (secondary N) is 2. The largest absolute Gasteiger partial charge is 0.507 e. The van der Waals surface area contributed by atoms with Gasteiger partial charge < -0.3 is 15.1 Å². The number of aromatic hydroxyl groups is 1. The molecule has 2 aromatic rings. The Morgan fingerprint density at radius 2 is 1.96 bits per heavy atom. The summed E-state index contributed by atoms with van der Waals surface area (Å²) >= 11 is 0. The highest BCUT2D eigenvalue weighted by Crippen LogP contribution is 2.31. The first-order valence-electron chi connectivity index (χ1n) is 7.92. The fourth-order valence-corrected chi connectivity index (χ4v) is 3.47. The van der Waals surface area contributed by atoms with Crippen molar-refractivity contribution in [3.8, 4) is 5.75 Å². The van der Waals surface area contributed by atoms with Gasteiger partial charge in [0.2, 0.25) is 0 Å². The lowest BCUT2D eigenvalue weighted by Gasteiger charge is -2.26. The Balaban J connectivity index is 1.76. The Morgan fingerprint density at radius 3 is 2.65 bits per heavy atom. The second kappa shape index (κ2) is 5.55. The zero-order valence-corrected chi connectivity index (χ0v) is 13.5. The summed E-state index contributed by atoms with van der Waals surface area (Å²) < 4.78 is 13.5. The van der Waals surface area contributed by atoms with Gasteiger partial charge >= 0.3 is 11.9 Å². The van der Waals surface area contributed by atoms with E-state index in [9.17, 15) is 24.2 Å². The zero-order chi connectivity index (χ0) is 18.5. The SMILES string of the molecule is O=C1c2cc(F)ccc2CN1CC1(c2ccccc2O)[NH+]=C(O)NC1=O. The molecule has 2 heterocycles. The summed E-state index contributed by atoms with van der Waals surface area (Å²) in [7, 11) is 0. The smallest absolute Gasteiger partial charge is 0.448 e. The van der Waals surface area contributed by atoms with Crippen molar-refractivity contribution in [2.75, 3.05) is 6.54 Å². The van der Waals surface area contributed by atoms with Gasteiger partial charge in [-0.05, 0) is 23.8 Å². The highest BCUT2D eigenvalue weighted by Gasteiger charge is 2.55. The topological polar surface area (TPSA) is 104 Å². The quantitative estimate of drug-likeness (QED) is 0.596. The Bertz CT molecular complexity index is 975. The van der Waals surface area contributed by atoms with Crippen LogP contribution in [-0.2, 0) is 16.9 Å². The number of amidine groups is 1. The van der Waals surface area contributed by atoms with Crippen LogP contribution < -0.4 is 10.3 Å². The maximum atomic E-state index is 13.5. The van der Waals surface area contributed by atoms with Crippen molar-refractivity contribution in [3.63, 3.8) is 0 Å². The molecule has 0 aromatic heterocycles. The average molecular weight is 356 g/mol. The molecule has 4 rings (SSSR count). The number of phenols is 1. The summed E-state index contributed by atoms with van der Waals surface area (Å²) in [6.07, 6.45) is 0. The molecule has 0 saturated carbocycles. The number of para-hydroxylation sites is 1. The number of rotatable bonds is 3. The monoisotopic (exact) mass is 356 g/mol. The number of amides is 2. The normalized spacial score (nSPS) is 21.6. The lowest BCUT2D eigenvalue weighted by Crippen LogP contribution is -2.86. The van der Waals surface area contributed by atoms with E-state index in [1.54, 1.807) is 12.1 Å². The molecule has 26 heavy (non-hydrogen) atoms. The van der Waals surface area contributed by atoms with Crippen LogP contribution in [0.1, 0.15) is 21.5 Å². The molecule has 0 fully saturated rings. The molecule has 4 N–H and O–H groups in total. The molecular weight excluding hydrogens is 341 g/mol. The minimum absolute atomic E-state index is 0.153. The van der Waals surface area contributed by atoms with Gasteiger partial charge in [-0.15, -0.1) is 0 Å². The number of carbonyl (C=O) groups is 2. The molecule has 0 saturated heterocycles. The molecule has 2 aliphatic rings. The first-order chi connectivity index (χ1) is 12.4. The van der Waals surface area contributed by atoms with Crippen LogP contribution in [0.15, 0.2) is 42.5 Å². The van der Waals surface area contributed by atoms with Crippen molar-refractivity contribution in [1.82, 2.24) is 10.2 Å². The van der Waals surface area contributed by atoms with Crippen LogP contribution in [0.25, 0.3) is 0 Å². The van der Waals surface area contributed by atoms with Crippen LogP contribution in [0.4, 0.5) is 4.39 Å². The standard InChI is InChI=1S/C18H14FN3O4/c19-11-6-5-10-8-22(15(24)12(10)7-11)9-18(16(25)20-17(26)21-18)13-3-1-2-4-14(13)23/h1-7,23H,8-9H2,(H2,20,21,25,26)/p+1. The third kappa shape index (κ3) is 2.30. The number of halogens is 1. The highest BCUT2D eigenvalue weighted by atomic mass is 19.1. The van der Waals surface area contributed by atoms with Crippen molar-refractivity contribution < 1.29 is 29.2 Å². The fourth-order valence-electron chi connectivity index (χ4n) is 3.47. The number of hydrogen-bond donors (Lipinski definition) is 4. The Kier molecular flexibility index (Phi) is 3.43. The number of carbonyl (C=O) groups excluding carboxylic acids is 2. The molecule has 8 heteroatoms. The van der Waals surface area contributed by atoms with E-state index in [0.29, 0.717) is 5.56 Å². The van der Waals surface area contributed by atoms with Crippen LogP contribution in [0.2, 0.25) is 0 Å². The van der Waals surface area contributed by atoms with Crippen molar-refractivity contribution in [3.05, 3.63) is 65.0 Å². The van der Waals surface area contributed by atoms with Gasteiger partial charge in [-0.2, -0.15) is 5.32 Å². The van der Waals surface area contributed by atoms with Crippen molar-refractivity contribution in [2.24, 2.45) is 0 Å². The van der Waals surface area contributed by atoms with E-state index in [4.69, 9.17) is 0 Å². The molecule has 0 radical (unpaired) electrons. The lowest BCUT2D eigenvalue weighted by molar-refractivity contribution is -0.545. The molecular formula is C18H15FN3O4+. The molecule has 0 spiro atoms. The number of nitrogens with zero attached hydrogens (tertiary/aromatic N) is 1. The van der Waals surface area contributed by atoms with Gasteiger partial charge in [-0.1, -0.05) is 24.3 Å². The van der Waals surface area contributed by atoms with Gasteiger partial charge in [0.05, 0.1) is 12.1 Å². The fraction of sp³-hybridized carbons (Fsp3) is 0.167. The van der Waals surface area contributed by atoms with Gasteiger partial charge in [0.25, 0.3) is 11.4 Å². The molecule has 0 bridgehead atoms. The van der Waals surface area contributed by atoms with E-state index in [2.05, 4.69) is 10.3 Å². The van der Waals surface area contributed by atoms with Crippen LogP contribution in [0, 0.1) is 5.82 Å². The van der Waals surface area contributed by atoms with Crippen molar-refractivity contribution >= 4 is 17.8 Å². The van der Waals surface area contributed by atoms with E-state index >= 15 is 0 Å². The van der Waals surface area contributed by atoms with Crippen molar-refractivity contribution in [1.29, 1.82) is 0 Å². The molecule has 2 amide bonds. The predicted octanol–water partition coefficient (Wildman–Crippen LogP) is -0.493. The average Bonchev–Trinajstić information content (AvgIpc) is 3.05. The van der Waals surface area contributed by atoms with Gasteiger partial charge in [0.15, 0.2) is 0 Å². The van der Waals surface area contributed by atoms with Gasteiger partial charge in [-0.3, -0.25) is 4.79 Å². The molecule has 2 aromatic carbocycles. The van der Waals surface area contributed by atoms with Crippen LogP contribution in [0.3, 0.4) is 0 Å². The number of aliphatic hydroxyl groups excluding tert-OH is 1. The van der Waals surface area contributed by atoms with Gasteiger partial charge in [0.1, 0.15) is 11.6 Å². The number of hydrogen-bond acceptors (Lipinski definition) is 3. The minimum atomic E-state index is -1.56. The number of fused-ring (bicyclic) bond motifs is 1. The Morgan fingerprint density at radius 1 is 1.19 bits per heavy atom. The van der Waals surface area contributed by atoms with Crippen molar-refractivity contribution in [2.45, 2.75) is 12.1 Å². The summed E-state index contributed by atoms with van der Waals surface area (Å²) in [5, 5.41) is 22.3. The molecule has 1 atom stereocenters. The maximum absolute atomic E-state index is 13.5. The second-order valence-corrected chi connectivity index (χ2v) is 6.31. The zero-order valence-electron chi connectivity index (χ0n) is 13.5. The van der Waals surface area contributed by atoms with E-state index < -0.39 is 29.2 Å². The van der Waals surface area contributed by atoms with Crippen LogP contribution in [-0.4, -0.2) is 39.5 Å². The van der Waals surface area contributed by atoms with Crippen LogP contribution >= 0.6 is 0 Å². The Labute approximate surface area is 147 Å².